The lowest BCUT2D eigenvalue weighted by molar-refractivity contribution is 0.111. The number of imidazole rings is 1. The van der Waals surface area contributed by atoms with Crippen LogP contribution in [0.3, 0.4) is 0 Å². The zero-order chi connectivity index (χ0) is 15.2. The van der Waals surface area contributed by atoms with Crippen molar-refractivity contribution in [2.45, 2.75) is 44.6 Å². The molecule has 2 aromatic heterocycles. The Morgan fingerprint density at radius 2 is 2.04 bits per heavy atom. The van der Waals surface area contributed by atoms with Crippen LogP contribution in [0.2, 0.25) is 0 Å². The highest BCUT2D eigenvalue weighted by atomic mass is 32.1. The number of ether oxygens (including phenoxy) is 1. The molecular formula is C18H19N3OS. The molecule has 1 saturated heterocycles. The number of hydrogen-bond donors (Lipinski definition) is 0. The first kappa shape index (κ1) is 13.7. The van der Waals surface area contributed by atoms with E-state index < -0.39 is 0 Å². The molecule has 1 fully saturated rings. The monoisotopic (exact) mass is 325 g/mol. The van der Waals surface area contributed by atoms with Gasteiger partial charge >= 0.3 is 0 Å². The maximum atomic E-state index is 5.72. The van der Waals surface area contributed by atoms with Gasteiger partial charge in [-0.25, -0.2) is 9.50 Å². The van der Waals surface area contributed by atoms with Crippen LogP contribution in [-0.2, 0) is 17.6 Å². The number of aryl methyl sites for hydroxylation is 2. The quantitative estimate of drug-likeness (QED) is 0.709. The summed E-state index contributed by atoms with van der Waals surface area (Å²) in [6.07, 6.45) is 9.49. The van der Waals surface area contributed by atoms with Crippen molar-refractivity contribution in [1.29, 1.82) is 0 Å². The molecule has 5 rings (SSSR count). The first-order valence-corrected chi connectivity index (χ1v) is 9.28. The fraction of sp³-hybridized carbons (Fsp3) is 0.444. The average molecular weight is 325 g/mol. The van der Waals surface area contributed by atoms with Gasteiger partial charge in [-0.1, -0.05) is 23.5 Å². The molecule has 2 aliphatic rings. The van der Waals surface area contributed by atoms with Crippen molar-refractivity contribution in [1.82, 2.24) is 14.6 Å². The summed E-state index contributed by atoms with van der Waals surface area (Å²) in [5.74, 6) is 0. The topological polar surface area (TPSA) is 39.4 Å². The van der Waals surface area contributed by atoms with E-state index in [9.17, 15) is 0 Å². The van der Waals surface area contributed by atoms with Gasteiger partial charge in [-0.2, -0.15) is 5.10 Å². The van der Waals surface area contributed by atoms with Crippen LogP contribution in [0.1, 0.15) is 47.9 Å². The molecule has 4 nitrogen and oxygen atoms in total. The highest BCUT2D eigenvalue weighted by Crippen LogP contribution is 2.33. The summed E-state index contributed by atoms with van der Waals surface area (Å²) in [6.45, 7) is 0.854. The van der Waals surface area contributed by atoms with E-state index in [4.69, 9.17) is 9.72 Å². The number of rotatable bonds is 2. The van der Waals surface area contributed by atoms with Gasteiger partial charge in [-0.15, -0.1) is 0 Å². The molecule has 0 radical (unpaired) electrons. The van der Waals surface area contributed by atoms with Crippen LogP contribution in [0.4, 0.5) is 0 Å². The number of hydrogen-bond acceptors (Lipinski definition) is 4. The normalized spacial score (nSPS) is 21.0. The summed E-state index contributed by atoms with van der Waals surface area (Å²) >= 11 is 1.65. The second kappa shape index (κ2) is 5.42. The SMILES string of the molecule is c1cc2c(cc1-c1cn3nc(C4CCCO4)sc3n1)CCCC2. The van der Waals surface area contributed by atoms with Gasteiger partial charge in [0.05, 0.1) is 11.9 Å². The molecule has 0 bridgehead atoms. The van der Waals surface area contributed by atoms with E-state index in [1.54, 1.807) is 11.3 Å². The van der Waals surface area contributed by atoms with Gasteiger partial charge < -0.3 is 4.74 Å². The molecule has 1 unspecified atom stereocenters. The molecule has 1 aliphatic heterocycles. The molecular weight excluding hydrogens is 306 g/mol. The Bertz CT molecular complexity index is 829. The van der Waals surface area contributed by atoms with Crippen LogP contribution in [-0.4, -0.2) is 21.2 Å². The maximum absolute atomic E-state index is 5.72. The molecule has 0 N–H and O–H groups in total. The summed E-state index contributed by atoms with van der Waals surface area (Å²) in [7, 11) is 0. The number of aromatic nitrogens is 3. The molecule has 1 aliphatic carbocycles. The molecule has 0 spiro atoms. The van der Waals surface area contributed by atoms with E-state index in [0.717, 1.165) is 35.1 Å². The first-order chi connectivity index (χ1) is 11.4. The number of nitrogens with zero attached hydrogens (tertiary/aromatic N) is 3. The first-order valence-electron chi connectivity index (χ1n) is 8.47. The van der Waals surface area contributed by atoms with Gasteiger partial charge in [-0.05, 0) is 55.7 Å². The lowest BCUT2D eigenvalue weighted by Gasteiger charge is -2.15. The van der Waals surface area contributed by atoms with Gasteiger partial charge in [0.15, 0.2) is 0 Å². The van der Waals surface area contributed by atoms with Gasteiger partial charge in [-0.3, -0.25) is 0 Å². The van der Waals surface area contributed by atoms with Gasteiger partial charge in [0.25, 0.3) is 0 Å². The Kier molecular flexibility index (Phi) is 3.23. The predicted molar refractivity (Wildman–Crippen MR) is 90.9 cm³/mol. The van der Waals surface area contributed by atoms with Crippen molar-refractivity contribution in [3.63, 3.8) is 0 Å². The smallest absolute Gasteiger partial charge is 0.212 e. The van der Waals surface area contributed by atoms with Crippen molar-refractivity contribution in [3.8, 4) is 11.3 Å². The third kappa shape index (κ3) is 2.39. The summed E-state index contributed by atoms with van der Waals surface area (Å²) < 4.78 is 7.64. The second-order valence-electron chi connectivity index (χ2n) is 6.49. The van der Waals surface area contributed by atoms with Crippen molar-refractivity contribution in [3.05, 3.63) is 40.5 Å². The lowest BCUT2D eigenvalue weighted by Crippen LogP contribution is -2.02. The standard InChI is InChI=1S/C18H19N3OS/c1-2-5-13-10-14(8-7-12(13)4-1)15-11-21-18(19-15)23-17(20-21)16-6-3-9-22-16/h7-8,10-11,16H,1-6,9H2. The summed E-state index contributed by atoms with van der Waals surface area (Å²) in [5, 5.41) is 5.73. The molecule has 1 aromatic carbocycles. The predicted octanol–water partition coefficient (Wildman–Crippen LogP) is 4.19. The van der Waals surface area contributed by atoms with Crippen LogP contribution in [0.25, 0.3) is 16.2 Å². The highest BCUT2D eigenvalue weighted by Gasteiger charge is 2.22. The van der Waals surface area contributed by atoms with E-state index in [1.165, 1.54) is 42.4 Å². The van der Waals surface area contributed by atoms with Gasteiger partial charge in [0, 0.05) is 12.2 Å². The molecule has 0 amide bonds. The fourth-order valence-corrected chi connectivity index (χ4v) is 4.61. The zero-order valence-corrected chi connectivity index (χ0v) is 13.8. The van der Waals surface area contributed by atoms with Crippen molar-refractivity contribution >= 4 is 16.3 Å². The molecule has 23 heavy (non-hydrogen) atoms. The molecule has 0 saturated carbocycles. The fourth-order valence-electron chi connectivity index (χ4n) is 3.65. The minimum atomic E-state index is 0.175. The summed E-state index contributed by atoms with van der Waals surface area (Å²) in [6, 6.07) is 6.81. The minimum absolute atomic E-state index is 0.175. The van der Waals surface area contributed by atoms with E-state index in [0.29, 0.717) is 0 Å². The zero-order valence-electron chi connectivity index (χ0n) is 13.0. The molecule has 3 heterocycles. The number of benzene rings is 1. The Balaban J connectivity index is 1.49. The molecule has 118 valence electrons. The van der Waals surface area contributed by atoms with Crippen LogP contribution >= 0.6 is 11.3 Å². The lowest BCUT2D eigenvalue weighted by atomic mass is 9.90. The molecule has 3 aromatic rings. The van der Waals surface area contributed by atoms with E-state index in [1.807, 2.05) is 4.52 Å². The van der Waals surface area contributed by atoms with Crippen LogP contribution < -0.4 is 0 Å². The largest absolute Gasteiger partial charge is 0.371 e. The van der Waals surface area contributed by atoms with Crippen LogP contribution in [0, 0.1) is 0 Å². The average Bonchev–Trinajstić information content (AvgIpc) is 3.29. The van der Waals surface area contributed by atoms with Crippen molar-refractivity contribution in [2.75, 3.05) is 6.61 Å². The third-order valence-corrected chi connectivity index (χ3v) is 5.92. The van der Waals surface area contributed by atoms with Gasteiger partial charge in [0.2, 0.25) is 4.96 Å². The Morgan fingerprint density at radius 3 is 2.87 bits per heavy atom. The summed E-state index contributed by atoms with van der Waals surface area (Å²) in [5.41, 5.74) is 5.25. The Hall–Kier alpha value is -1.72. The van der Waals surface area contributed by atoms with Crippen molar-refractivity contribution < 1.29 is 4.74 Å². The Labute approximate surface area is 139 Å². The second-order valence-corrected chi connectivity index (χ2v) is 7.47. The number of fused-ring (bicyclic) bond motifs is 2. The summed E-state index contributed by atoms with van der Waals surface area (Å²) in [4.78, 5) is 5.75. The van der Waals surface area contributed by atoms with E-state index >= 15 is 0 Å². The van der Waals surface area contributed by atoms with Crippen molar-refractivity contribution in [2.24, 2.45) is 0 Å². The van der Waals surface area contributed by atoms with Gasteiger partial charge in [0.1, 0.15) is 11.1 Å². The van der Waals surface area contributed by atoms with E-state index in [2.05, 4.69) is 29.5 Å². The maximum Gasteiger partial charge on any atom is 0.212 e. The third-order valence-electron chi connectivity index (χ3n) is 4.91. The highest BCUT2D eigenvalue weighted by molar-refractivity contribution is 7.16. The van der Waals surface area contributed by atoms with Crippen LogP contribution in [0.5, 0.6) is 0 Å². The molecule has 1 atom stereocenters. The minimum Gasteiger partial charge on any atom is -0.371 e. The van der Waals surface area contributed by atoms with Crippen LogP contribution in [0.15, 0.2) is 24.4 Å². The Morgan fingerprint density at radius 1 is 1.13 bits per heavy atom. The van der Waals surface area contributed by atoms with E-state index in [-0.39, 0.29) is 6.10 Å². The molecule has 5 heteroatoms.